The van der Waals surface area contributed by atoms with Crippen molar-refractivity contribution >= 4 is 23.9 Å². The van der Waals surface area contributed by atoms with Gasteiger partial charge in [0.1, 0.15) is 18.3 Å². The van der Waals surface area contributed by atoms with E-state index < -0.39 is 93.9 Å². The highest BCUT2D eigenvalue weighted by Crippen LogP contribution is 2.73. The lowest BCUT2D eigenvalue weighted by atomic mass is 9.42. The average Bonchev–Trinajstić information content (AvgIpc) is 3.26. The fourth-order valence-corrected chi connectivity index (χ4v) is 11.7. The smallest absolute Gasteiger partial charge is 0.335 e. The first-order chi connectivity index (χ1) is 23.3. The quantitative estimate of drug-likeness (QED) is 0.152. The molecule has 0 aromatic heterocycles. The number of hydrogen-bond donors (Lipinski definition) is 4. The highest BCUT2D eigenvalue weighted by molar-refractivity contribution is 5.84. The highest BCUT2D eigenvalue weighted by Gasteiger charge is 2.69. The number of carbonyl (C=O) groups is 4. The number of carboxylic acid groups (broad SMARTS) is 1. The molecule has 5 rings (SSSR count). The second-order valence-corrected chi connectivity index (χ2v) is 18.3. The van der Waals surface area contributed by atoms with Crippen molar-refractivity contribution < 1.29 is 58.6 Å². The number of esters is 3. The van der Waals surface area contributed by atoms with Crippen LogP contribution in [0.5, 0.6) is 0 Å². The third-order valence-electron chi connectivity index (χ3n) is 14.3. The van der Waals surface area contributed by atoms with Crippen LogP contribution in [0.15, 0.2) is 11.1 Å². The number of fused-ring (bicyclic) bond motifs is 4. The minimum Gasteiger partial charge on any atom is -0.479 e. The fourth-order valence-electron chi connectivity index (χ4n) is 11.7. The van der Waals surface area contributed by atoms with Crippen LogP contribution in [0.2, 0.25) is 0 Å². The molecule has 0 bridgehead atoms. The maximum absolute atomic E-state index is 13.2. The first-order valence-electron chi connectivity index (χ1n) is 18.6. The lowest BCUT2D eigenvalue weighted by molar-refractivity contribution is -0.252. The Morgan fingerprint density at radius 3 is 2.06 bits per heavy atom. The van der Waals surface area contributed by atoms with Gasteiger partial charge in [0.2, 0.25) is 0 Å². The maximum atomic E-state index is 13.2. The summed E-state index contributed by atoms with van der Waals surface area (Å²) in [6.45, 7) is 17.8. The average molecular weight is 721 g/mol. The van der Waals surface area contributed by atoms with Crippen LogP contribution >= 0.6 is 0 Å². The van der Waals surface area contributed by atoms with Gasteiger partial charge in [0.15, 0.2) is 11.9 Å². The van der Waals surface area contributed by atoms with E-state index in [0.717, 1.165) is 38.2 Å². The summed E-state index contributed by atoms with van der Waals surface area (Å²) >= 11 is 0. The summed E-state index contributed by atoms with van der Waals surface area (Å²) in [5, 5.41) is 41.8. The first kappa shape index (κ1) is 39.7. The number of hydrogen-bond acceptors (Lipinski definition) is 11. The molecule has 51 heavy (non-hydrogen) atoms. The largest absolute Gasteiger partial charge is 0.479 e. The Kier molecular flexibility index (Phi) is 10.2. The predicted octanol–water partition coefficient (Wildman–Crippen LogP) is 4.84. The molecule has 5 aliphatic rings. The van der Waals surface area contributed by atoms with Crippen molar-refractivity contribution in [1.82, 2.24) is 0 Å². The number of allylic oxidation sites excluding steroid dienone is 1. The van der Waals surface area contributed by atoms with Crippen molar-refractivity contribution in [1.29, 1.82) is 0 Å². The van der Waals surface area contributed by atoms with Crippen LogP contribution < -0.4 is 0 Å². The zero-order valence-electron chi connectivity index (χ0n) is 32.0. The Hall–Kier alpha value is -2.54. The molecule has 0 aromatic carbocycles. The molecule has 288 valence electrons. The molecule has 0 radical (unpaired) electrons. The van der Waals surface area contributed by atoms with Crippen molar-refractivity contribution in [2.75, 3.05) is 0 Å². The lowest BCUT2D eigenvalue weighted by Gasteiger charge is -2.64. The number of carbonyl (C=O) groups excluding carboxylic acids is 3. The van der Waals surface area contributed by atoms with E-state index in [9.17, 15) is 39.6 Å². The summed E-state index contributed by atoms with van der Waals surface area (Å²) in [6.07, 6.45) is 0.549. The van der Waals surface area contributed by atoms with Gasteiger partial charge in [-0.2, -0.15) is 0 Å². The topological polar surface area (TPSA) is 186 Å². The molecular weight excluding hydrogens is 660 g/mol. The summed E-state index contributed by atoms with van der Waals surface area (Å²) in [6, 6.07) is 0. The molecule has 0 spiro atoms. The minimum atomic E-state index is -2.34. The van der Waals surface area contributed by atoms with Gasteiger partial charge in [-0.25, -0.2) is 4.79 Å². The Bertz CT molecular complexity index is 1460. The van der Waals surface area contributed by atoms with Crippen LogP contribution in [0.4, 0.5) is 0 Å². The van der Waals surface area contributed by atoms with Gasteiger partial charge in [0.05, 0.1) is 18.1 Å². The molecule has 1 saturated heterocycles. The van der Waals surface area contributed by atoms with E-state index in [0.29, 0.717) is 19.3 Å². The third kappa shape index (κ3) is 6.54. The molecular formula is C39H60O12. The Labute approximate surface area is 301 Å². The molecule has 12 unspecified atom stereocenters. The van der Waals surface area contributed by atoms with Crippen LogP contribution in [0.3, 0.4) is 0 Å². The number of rotatable bonds is 8. The van der Waals surface area contributed by atoms with Crippen molar-refractivity contribution in [2.24, 2.45) is 39.4 Å². The van der Waals surface area contributed by atoms with E-state index in [1.807, 2.05) is 13.8 Å². The van der Waals surface area contributed by atoms with Crippen LogP contribution in [0.1, 0.15) is 127 Å². The van der Waals surface area contributed by atoms with Gasteiger partial charge in [-0.3, -0.25) is 14.4 Å². The molecule has 2 saturated carbocycles. The summed E-state index contributed by atoms with van der Waals surface area (Å²) in [5.41, 5.74) is -3.20. The van der Waals surface area contributed by atoms with Crippen molar-refractivity contribution in [2.45, 2.75) is 169 Å². The van der Waals surface area contributed by atoms with Crippen molar-refractivity contribution in [3.8, 4) is 0 Å². The van der Waals surface area contributed by atoms with E-state index in [1.165, 1.54) is 19.4 Å². The molecule has 1 heterocycles. The molecule has 1 aliphatic heterocycles. The van der Waals surface area contributed by atoms with E-state index in [-0.39, 0.29) is 24.2 Å². The molecule has 12 atom stereocenters. The second kappa shape index (κ2) is 13.1. The Balaban J connectivity index is 1.56. The summed E-state index contributed by atoms with van der Waals surface area (Å²) in [5.74, 6) is -3.64. The monoisotopic (exact) mass is 720 g/mol. The third-order valence-corrected chi connectivity index (χ3v) is 14.3. The number of carboxylic acids is 1. The molecule has 3 fully saturated rings. The number of aliphatic hydroxyl groups is 3. The van der Waals surface area contributed by atoms with Gasteiger partial charge in [0.25, 0.3) is 0 Å². The highest BCUT2D eigenvalue weighted by atomic mass is 16.6. The normalized spacial score (nSPS) is 41.7. The van der Waals surface area contributed by atoms with E-state index in [2.05, 4.69) is 20.8 Å². The van der Waals surface area contributed by atoms with E-state index in [1.54, 1.807) is 13.8 Å². The van der Waals surface area contributed by atoms with Gasteiger partial charge >= 0.3 is 23.9 Å². The zero-order valence-corrected chi connectivity index (χ0v) is 32.0. The molecule has 0 amide bonds. The summed E-state index contributed by atoms with van der Waals surface area (Å²) in [7, 11) is 0. The van der Waals surface area contributed by atoms with Crippen LogP contribution in [-0.2, 0) is 38.1 Å². The lowest BCUT2D eigenvalue weighted by Crippen LogP contribution is -2.63. The van der Waals surface area contributed by atoms with E-state index in [4.69, 9.17) is 18.9 Å². The zero-order chi connectivity index (χ0) is 38.3. The van der Waals surface area contributed by atoms with Gasteiger partial charge in [0, 0.05) is 37.0 Å². The second-order valence-electron chi connectivity index (χ2n) is 18.3. The van der Waals surface area contributed by atoms with E-state index >= 15 is 0 Å². The van der Waals surface area contributed by atoms with Crippen LogP contribution in [0.25, 0.3) is 0 Å². The molecule has 0 aromatic rings. The summed E-state index contributed by atoms with van der Waals surface area (Å²) < 4.78 is 24.2. The Morgan fingerprint density at radius 2 is 1.51 bits per heavy atom. The van der Waals surface area contributed by atoms with Crippen LogP contribution in [-0.4, -0.2) is 86.2 Å². The number of aliphatic carboxylic acids is 1. The van der Waals surface area contributed by atoms with Gasteiger partial charge in [-0.1, -0.05) is 45.8 Å². The molecule has 4 N–H and O–H groups in total. The first-order valence-corrected chi connectivity index (χ1v) is 18.6. The van der Waals surface area contributed by atoms with Crippen molar-refractivity contribution in [3.05, 3.63) is 11.1 Å². The summed E-state index contributed by atoms with van der Waals surface area (Å²) in [4.78, 5) is 50.1. The van der Waals surface area contributed by atoms with Gasteiger partial charge in [-0.05, 0) is 88.4 Å². The molecule has 12 heteroatoms. The van der Waals surface area contributed by atoms with Crippen molar-refractivity contribution in [3.63, 3.8) is 0 Å². The minimum absolute atomic E-state index is 0.0133. The standard InChI is InChI=1S/C39H60O12/c1-20(40)48-29-17-25-24(37(8)16-15-23(39(29,37)10)22-11-14-28(35(5,6)46)51-32(22)43)12-13-27-34(3,4)31(49-21(2)41)26(18-36(25,27)7)50-30(42)19-38(9,47)33(44)45/h22-23,26-29,31-32,43,46-47H,11-19H2,1-10H3,(H,44,45). The predicted molar refractivity (Wildman–Crippen MR) is 184 cm³/mol. The molecule has 4 aliphatic carbocycles. The molecule has 12 nitrogen and oxygen atoms in total. The Morgan fingerprint density at radius 1 is 0.882 bits per heavy atom. The fraction of sp³-hybridized carbons (Fsp3) is 0.846. The van der Waals surface area contributed by atoms with Gasteiger partial charge in [-0.15, -0.1) is 0 Å². The van der Waals surface area contributed by atoms with Crippen LogP contribution in [0, 0.1) is 39.4 Å². The number of aliphatic hydroxyl groups excluding tert-OH is 1. The number of ether oxygens (including phenoxy) is 4. The maximum Gasteiger partial charge on any atom is 0.335 e. The van der Waals surface area contributed by atoms with Gasteiger partial charge < -0.3 is 39.4 Å². The SMILES string of the molecule is CC(=O)OC1C(OC(=O)CC(C)(O)C(=O)O)CC2(C)C3=C(CCC2C1(C)C)C1(C)CCC(C2CCC(C(C)(C)O)OC2O)C1(C)C(OC(C)=O)C3.